The summed E-state index contributed by atoms with van der Waals surface area (Å²) in [6.45, 7) is 3.92. The molecule has 0 saturated carbocycles. The molecule has 1 heterocycles. The molecule has 0 radical (unpaired) electrons. The van der Waals surface area contributed by atoms with E-state index in [-0.39, 0.29) is 17.6 Å². The molecule has 0 unspecified atom stereocenters. The Bertz CT molecular complexity index is 1120. The van der Waals surface area contributed by atoms with Crippen molar-refractivity contribution in [2.24, 2.45) is 5.10 Å². The number of esters is 1. The molecule has 0 spiro atoms. The first kappa shape index (κ1) is 22.7. The number of aromatic nitrogens is 1. The van der Waals surface area contributed by atoms with Crippen molar-refractivity contribution < 1.29 is 14.3 Å². The summed E-state index contributed by atoms with van der Waals surface area (Å²) in [5.74, 6) is -0.334. The number of carbonyl (C=O) groups is 2. The van der Waals surface area contributed by atoms with Crippen LogP contribution in [-0.4, -0.2) is 35.5 Å². The van der Waals surface area contributed by atoms with Crippen molar-refractivity contribution in [3.8, 4) is 5.69 Å². The van der Waals surface area contributed by atoms with Crippen molar-refractivity contribution >= 4 is 41.5 Å². The largest absolute Gasteiger partial charge is 0.465 e. The van der Waals surface area contributed by atoms with Gasteiger partial charge in [-0.05, 0) is 62.4 Å². The second-order valence-corrected chi connectivity index (χ2v) is 8.22. The number of nitrogens with one attached hydrogen (secondary N) is 1. The summed E-state index contributed by atoms with van der Waals surface area (Å²) in [6.07, 6.45) is 1.62. The molecule has 160 valence electrons. The Morgan fingerprint density at radius 2 is 1.90 bits per heavy atom. The van der Waals surface area contributed by atoms with Crippen LogP contribution in [0.4, 0.5) is 0 Å². The number of nitrogens with zero attached hydrogens (tertiary/aromatic N) is 2. The molecule has 0 saturated heterocycles. The molecule has 1 aromatic heterocycles. The Balaban J connectivity index is 1.66. The van der Waals surface area contributed by atoms with Gasteiger partial charge in [-0.25, -0.2) is 10.2 Å². The highest BCUT2D eigenvalue weighted by atomic mass is 35.5. The van der Waals surface area contributed by atoms with Crippen LogP contribution in [-0.2, 0) is 9.53 Å². The molecule has 2 aromatic carbocycles. The molecule has 0 aliphatic carbocycles. The van der Waals surface area contributed by atoms with E-state index in [0.717, 1.165) is 27.5 Å². The van der Waals surface area contributed by atoms with Crippen LogP contribution in [0.5, 0.6) is 0 Å². The highest BCUT2D eigenvalue weighted by molar-refractivity contribution is 8.00. The van der Waals surface area contributed by atoms with Gasteiger partial charge in [0.2, 0.25) is 5.91 Å². The molecule has 6 nitrogen and oxygen atoms in total. The summed E-state index contributed by atoms with van der Waals surface area (Å²) < 4.78 is 6.82. The number of hydrogen-bond donors (Lipinski definition) is 1. The van der Waals surface area contributed by atoms with Crippen molar-refractivity contribution in [3.05, 3.63) is 82.1 Å². The van der Waals surface area contributed by atoms with E-state index in [2.05, 4.69) is 10.5 Å². The number of rotatable bonds is 7. The van der Waals surface area contributed by atoms with Gasteiger partial charge in [0.1, 0.15) is 0 Å². The van der Waals surface area contributed by atoms with E-state index < -0.39 is 0 Å². The van der Waals surface area contributed by atoms with Crippen molar-refractivity contribution in [1.82, 2.24) is 9.99 Å². The molecule has 3 rings (SSSR count). The first-order valence-electron chi connectivity index (χ1n) is 9.47. The van der Waals surface area contributed by atoms with Gasteiger partial charge in [-0.2, -0.15) is 5.10 Å². The van der Waals surface area contributed by atoms with Gasteiger partial charge in [-0.15, -0.1) is 11.8 Å². The van der Waals surface area contributed by atoms with Gasteiger partial charge in [0.05, 0.1) is 24.6 Å². The van der Waals surface area contributed by atoms with Crippen molar-refractivity contribution in [2.45, 2.75) is 18.7 Å². The number of benzene rings is 2. The van der Waals surface area contributed by atoms with E-state index in [9.17, 15) is 9.59 Å². The zero-order valence-electron chi connectivity index (χ0n) is 17.4. The topological polar surface area (TPSA) is 72.7 Å². The van der Waals surface area contributed by atoms with Gasteiger partial charge in [-0.3, -0.25) is 4.79 Å². The number of amides is 1. The number of hydrazone groups is 1. The van der Waals surface area contributed by atoms with Crippen LogP contribution in [0, 0.1) is 13.8 Å². The Morgan fingerprint density at radius 1 is 1.16 bits per heavy atom. The van der Waals surface area contributed by atoms with E-state index in [4.69, 9.17) is 16.3 Å². The normalized spacial score (nSPS) is 11.0. The predicted octanol–water partition coefficient (Wildman–Crippen LogP) is 4.78. The van der Waals surface area contributed by atoms with Gasteiger partial charge in [0, 0.05) is 32.6 Å². The van der Waals surface area contributed by atoms with Crippen LogP contribution < -0.4 is 5.43 Å². The number of aryl methyl sites for hydroxylation is 1. The van der Waals surface area contributed by atoms with Crippen LogP contribution in [0.15, 0.2) is 64.6 Å². The standard InChI is InChI=1S/C23H22ClN3O3S/c1-15-11-18(13-25-26-22(28)14-31-21-9-7-19(24)8-10-21)16(2)27(15)20-6-4-5-17(12-20)23(29)30-3/h4-13H,14H2,1-3H3,(H,26,28)/b25-13-. The summed E-state index contributed by atoms with van der Waals surface area (Å²) in [5.41, 5.74) is 6.66. The maximum atomic E-state index is 12.1. The minimum Gasteiger partial charge on any atom is -0.465 e. The molecule has 0 fully saturated rings. The lowest BCUT2D eigenvalue weighted by atomic mass is 10.2. The van der Waals surface area contributed by atoms with Crippen LogP contribution in [0.2, 0.25) is 5.02 Å². The lowest BCUT2D eigenvalue weighted by Gasteiger charge is -2.10. The Hall–Kier alpha value is -3.03. The summed E-state index contributed by atoms with van der Waals surface area (Å²) in [6, 6.07) is 16.5. The van der Waals surface area contributed by atoms with Crippen molar-refractivity contribution in [2.75, 3.05) is 12.9 Å². The molecule has 0 aliphatic rings. The molecule has 0 bridgehead atoms. The third kappa shape index (κ3) is 5.77. The molecule has 0 aliphatic heterocycles. The SMILES string of the molecule is COC(=O)c1cccc(-n2c(C)cc(/C=N\NC(=O)CSc3ccc(Cl)cc3)c2C)c1. The summed E-state index contributed by atoms with van der Waals surface area (Å²) >= 11 is 7.27. The number of hydrogen-bond acceptors (Lipinski definition) is 5. The smallest absolute Gasteiger partial charge is 0.337 e. The fraction of sp³-hybridized carbons (Fsp3) is 0.174. The van der Waals surface area contributed by atoms with Gasteiger partial charge < -0.3 is 9.30 Å². The van der Waals surface area contributed by atoms with Crippen molar-refractivity contribution in [1.29, 1.82) is 0 Å². The number of carbonyl (C=O) groups excluding carboxylic acids is 2. The second kappa shape index (κ2) is 10.3. The van der Waals surface area contributed by atoms with Crippen LogP contribution >= 0.6 is 23.4 Å². The Morgan fingerprint density at radius 3 is 2.61 bits per heavy atom. The quantitative estimate of drug-likeness (QED) is 0.241. The Kier molecular flexibility index (Phi) is 7.55. The predicted molar refractivity (Wildman–Crippen MR) is 124 cm³/mol. The fourth-order valence-corrected chi connectivity index (χ4v) is 3.91. The number of ether oxygens (including phenoxy) is 1. The molecule has 1 N–H and O–H groups in total. The summed E-state index contributed by atoms with van der Waals surface area (Å²) in [7, 11) is 1.36. The van der Waals surface area contributed by atoms with Crippen LogP contribution in [0.25, 0.3) is 5.69 Å². The maximum Gasteiger partial charge on any atom is 0.337 e. The van der Waals surface area contributed by atoms with E-state index >= 15 is 0 Å². The highest BCUT2D eigenvalue weighted by Crippen LogP contribution is 2.21. The van der Waals surface area contributed by atoms with E-state index in [0.29, 0.717) is 10.6 Å². The van der Waals surface area contributed by atoms with Gasteiger partial charge in [0.25, 0.3) is 0 Å². The fourth-order valence-electron chi connectivity index (χ4n) is 3.09. The van der Waals surface area contributed by atoms with E-state index in [1.165, 1.54) is 18.9 Å². The van der Waals surface area contributed by atoms with E-state index in [1.54, 1.807) is 30.5 Å². The average Bonchev–Trinajstić information content (AvgIpc) is 3.05. The summed E-state index contributed by atoms with van der Waals surface area (Å²) in [5, 5.41) is 4.75. The van der Waals surface area contributed by atoms with Crippen LogP contribution in [0.1, 0.15) is 27.3 Å². The molecule has 31 heavy (non-hydrogen) atoms. The van der Waals surface area contributed by atoms with Gasteiger partial charge in [0.15, 0.2) is 0 Å². The highest BCUT2D eigenvalue weighted by Gasteiger charge is 2.12. The first-order valence-corrected chi connectivity index (χ1v) is 10.8. The monoisotopic (exact) mass is 455 g/mol. The minimum atomic E-state index is -0.384. The van der Waals surface area contributed by atoms with Crippen LogP contribution in [0.3, 0.4) is 0 Å². The van der Waals surface area contributed by atoms with Gasteiger partial charge >= 0.3 is 5.97 Å². The third-order valence-corrected chi connectivity index (χ3v) is 5.84. The molecule has 0 atom stereocenters. The molecule has 3 aromatic rings. The number of thioether (sulfide) groups is 1. The first-order chi connectivity index (χ1) is 14.9. The molecule has 1 amide bonds. The average molecular weight is 456 g/mol. The molecular weight excluding hydrogens is 434 g/mol. The lowest BCUT2D eigenvalue weighted by Crippen LogP contribution is -2.19. The number of halogens is 1. The third-order valence-electron chi connectivity index (χ3n) is 4.57. The van der Waals surface area contributed by atoms with Gasteiger partial charge in [-0.1, -0.05) is 17.7 Å². The second-order valence-electron chi connectivity index (χ2n) is 6.74. The zero-order valence-corrected chi connectivity index (χ0v) is 19.0. The maximum absolute atomic E-state index is 12.1. The minimum absolute atomic E-state index is 0.198. The molecule has 8 heteroatoms. The zero-order chi connectivity index (χ0) is 22.4. The molecular formula is C23H22ClN3O3S. The number of methoxy groups -OCH3 is 1. The summed E-state index contributed by atoms with van der Waals surface area (Å²) in [4.78, 5) is 24.9. The van der Waals surface area contributed by atoms with E-state index in [1.807, 2.05) is 48.7 Å². The Labute approximate surface area is 190 Å². The van der Waals surface area contributed by atoms with Crippen molar-refractivity contribution in [3.63, 3.8) is 0 Å². The lowest BCUT2D eigenvalue weighted by molar-refractivity contribution is -0.118.